The number of amides is 1. The number of halogens is 1. The normalized spacial score (nSPS) is 9.47. The van der Waals surface area contributed by atoms with Crippen LogP contribution < -0.4 is 0 Å². The van der Waals surface area contributed by atoms with Crippen LogP contribution in [-0.4, -0.2) is 24.4 Å². The van der Waals surface area contributed by atoms with Crippen molar-refractivity contribution in [2.75, 3.05) is 13.6 Å². The van der Waals surface area contributed by atoms with Crippen LogP contribution in [0.4, 0.5) is 0 Å². The van der Waals surface area contributed by atoms with Crippen LogP contribution in [0.25, 0.3) is 0 Å². The molecule has 0 saturated carbocycles. The minimum Gasteiger partial charge on any atom is -0.328 e. The van der Waals surface area contributed by atoms with Crippen molar-refractivity contribution in [2.24, 2.45) is 0 Å². The summed E-state index contributed by atoms with van der Waals surface area (Å²) >= 11 is 3.33. The van der Waals surface area contributed by atoms with Gasteiger partial charge >= 0.3 is 0 Å². The van der Waals surface area contributed by atoms with Gasteiger partial charge in [0.2, 0.25) is 0 Å². The first-order chi connectivity index (χ1) is 7.04. The molecule has 0 atom stereocenters. The second-order valence-electron chi connectivity index (χ2n) is 3.34. The summed E-state index contributed by atoms with van der Waals surface area (Å²) in [4.78, 5) is 13.2. The average Bonchev–Trinajstić information content (AvgIpc) is 2.15. The first-order valence-electron chi connectivity index (χ1n) is 4.44. The molecular weight excluding hydrogens is 256 g/mol. The molecule has 1 aromatic rings. The lowest BCUT2D eigenvalue weighted by Gasteiger charge is -2.13. The summed E-state index contributed by atoms with van der Waals surface area (Å²) in [5.41, 5.74) is 1.61. The van der Waals surface area contributed by atoms with Crippen molar-refractivity contribution >= 4 is 21.8 Å². The van der Waals surface area contributed by atoms with Gasteiger partial charge in [-0.2, -0.15) is 5.26 Å². The number of benzene rings is 1. The third-order valence-electron chi connectivity index (χ3n) is 1.94. The molecule has 0 aliphatic carbocycles. The van der Waals surface area contributed by atoms with Crippen molar-refractivity contribution in [3.63, 3.8) is 0 Å². The highest BCUT2D eigenvalue weighted by Gasteiger charge is 2.11. The van der Waals surface area contributed by atoms with Gasteiger partial charge in [0, 0.05) is 17.1 Å². The third kappa shape index (κ3) is 3.07. The van der Waals surface area contributed by atoms with Crippen LogP contribution in [0.3, 0.4) is 0 Å². The van der Waals surface area contributed by atoms with Crippen LogP contribution >= 0.6 is 15.9 Å². The first kappa shape index (κ1) is 11.7. The Morgan fingerprint density at radius 3 is 2.73 bits per heavy atom. The SMILES string of the molecule is Cc1cc(Br)cc(C(=O)N(C)CC#N)c1. The number of rotatable bonds is 2. The van der Waals surface area contributed by atoms with Crippen LogP contribution in [0.15, 0.2) is 22.7 Å². The minimum absolute atomic E-state index is 0.102. The van der Waals surface area contributed by atoms with Crippen LogP contribution in [0.1, 0.15) is 15.9 Å². The zero-order valence-electron chi connectivity index (χ0n) is 8.62. The Labute approximate surface area is 97.4 Å². The van der Waals surface area contributed by atoms with Gasteiger partial charge in [0.05, 0.1) is 6.07 Å². The lowest BCUT2D eigenvalue weighted by Crippen LogP contribution is -2.26. The van der Waals surface area contributed by atoms with Gasteiger partial charge in [-0.15, -0.1) is 0 Å². The van der Waals surface area contributed by atoms with E-state index in [1.54, 1.807) is 19.2 Å². The molecule has 0 spiro atoms. The van der Waals surface area contributed by atoms with Gasteiger partial charge in [0.25, 0.3) is 5.91 Å². The molecule has 0 fully saturated rings. The monoisotopic (exact) mass is 266 g/mol. The fourth-order valence-electron chi connectivity index (χ4n) is 1.26. The molecule has 1 aromatic carbocycles. The zero-order valence-corrected chi connectivity index (χ0v) is 10.2. The van der Waals surface area contributed by atoms with Crippen molar-refractivity contribution in [1.29, 1.82) is 5.26 Å². The summed E-state index contributed by atoms with van der Waals surface area (Å²) in [6.45, 7) is 2.02. The smallest absolute Gasteiger partial charge is 0.254 e. The molecule has 0 unspecified atom stereocenters. The number of hydrogen-bond donors (Lipinski definition) is 0. The van der Waals surface area contributed by atoms with Crippen molar-refractivity contribution in [3.05, 3.63) is 33.8 Å². The van der Waals surface area contributed by atoms with Crippen LogP contribution in [-0.2, 0) is 0 Å². The van der Waals surface area contributed by atoms with E-state index >= 15 is 0 Å². The second kappa shape index (κ2) is 4.94. The zero-order chi connectivity index (χ0) is 11.4. The lowest BCUT2D eigenvalue weighted by atomic mass is 10.1. The molecule has 0 bridgehead atoms. The topological polar surface area (TPSA) is 44.1 Å². The van der Waals surface area contributed by atoms with Crippen molar-refractivity contribution in [2.45, 2.75) is 6.92 Å². The maximum atomic E-state index is 11.8. The van der Waals surface area contributed by atoms with E-state index < -0.39 is 0 Å². The van der Waals surface area contributed by atoms with E-state index in [0.717, 1.165) is 10.0 Å². The molecule has 78 valence electrons. The van der Waals surface area contributed by atoms with Gasteiger partial charge in [0.15, 0.2) is 0 Å². The van der Waals surface area contributed by atoms with E-state index in [0.29, 0.717) is 5.56 Å². The summed E-state index contributed by atoms with van der Waals surface area (Å²) in [7, 11) is 1.61. The maximum Gasteiger partial charge on any atom is 0.254 e. The van der Waals surface area contributed by atoms with Gasteiger partial charge in [-0.1, -0.05) is 15.9 Å². The van der Waals surface area contributed by atoms with Crippen molar-refractivity contribution < 1.29 is 4.79 Å². The number of carbonyl (C=O) groups is 1. The Kier molecular flexibility index (Phi) is 3.87. The maximum absolute atomic E-state index is 11.8. The van der Waals surface area contributed by atoms with Crippen LogP contribution in [0, 0.1) is 18.3 Å². The second-order valence-corrected chi connectivity index (χ2v) is 4.25. The number of nitrogens with zero attached hydrogens (tertiary/aromatic N) is 2. The fourth-order valence-corrected chi connectivity index (χ4v) is 1.87. The molecule has 0 radical (unpaired) electrons. The molecular formula is C11H11BrN2O. The van der Waals surface area contributed by atoms with E-state index in [1.807, 2.05) is 19.1 Å². The highest BCUT2D eigenvalue weighted by molar-refractivity contribution is 9.10. The molecule has 0 aromatic heterocycles. The standard InChI is InChI=1S/C11H11BrN2O/c1-8-5-9(7-10(12)6-8)11(15)14(2)4-3-13/h5-7H,4H2,1-2H3. The van der Waals surface area contributed by atoms with Gasteiger partial charge in [0.1, 0.15) is 6.54 Å². The predicted octanol–water partition coefficient (Wildman–Crippen LogP) is 2.35. The molecule has 3 nitrogen and oxygen atoms in total. The van der Waals surface area contributed by atoms with Crippen LogP contribution in [0.2, 0.25) is 0 Å². The lowest BCUT2D eigenvalue weighted by molar-refractivity contribution is 0.0812. The molecule has 1 rings (SSSR count). The average molecular weight is 267 g/mol. The molecule has 4 heteroatoms. The fraction of sp³-hybridized carbons (Fsp3) is 0.273. The molecule has 0 saturated heterocycles. The number of hydrogen-bond acceptors (Lipinski definition) is 2. The van der Waals surface area contributed by atoms with Crippen molar-refractivity contribution in [3.8, 4) is 6.07 Å². The quantitative estimate of drug-likeness (QED) is 0.772. The molecule has 0 N–H and O–H groups in total. The van der Waals surface area contributed by atoms with Crippen molar-refractivity contribution in [1.82, 2.24) is 4.90 Å². The Bertz CT molecular complexity index is 403. The van der Waals surface area contributed by atoms with Gasteiger partial charge in [-0.05, 0) is 30.7 Å². The Hall–Kier alpha value is -1.34. The summed E-state index contributed by atoms with van der Waals surface area (Å²) in [5.74, 6) is -0.138. The van der Waals surface area contributed by atoms with Gasteiger partial charge in [-0.3, -0.25) is 4.79 Å². The van der Waals surface area contributed by atoms with E-state index in [4.69, 9.17) is 5.26 Å². The third-order valence-corrected chi connectivity index (χ3v) is 2.40. The molecule has 0 heterocycles. The largest absolute Gasteiger partial charge is 0.328 e. The van der Waals surface area contributed by atoms with E-state index in [9.17, 15) is 4.79 Å². The van der Waals surface area contributed by atoms with E-state index in [1.165, 1.54) is 4.90 Å². The molecule has 0 aliphatic heterocycles. The summed E-state index contributed by atoms with van der Waals surface area (Å²) in [5, 5.41) is 8.49. The van der Waals surface area contributed by atoms with E-state index in [-0.39, 0.29) is 12.5 Å². The number of aryl methyl sites for hydroxylation is 1. The van der Waals surface area contributed by atoms with Crippen LogP contribution in [0.5, 0.6) is 0 Å². The van der Waals surface area contributed by atoms with Gasteiger partial charge in [-0.25, -0.2) is 0 Å². The first-order valence-corrected chi connectivity index (χ1v) is 5.23. The Morgan fingerprint density at radius 2 is 2.20 bits per heavy atom. The molecule has 0 aliphatic rings. The minimum atomic E-state index is -0.138. The number of carbonyl (C=O) groups excluding carboxylic acids is 1. The number of nitriles is 1. The highest BCUT2D eigenvalue weighted by atomic mass is 79.9. The summed E-state index contributed by atoms with van der Waals surface area (Å²) in [6.07, 6.45) is 0. The Morgan fingerprint density at radius 1 is 1.53 bits per heavy atom. The highest BCUT2D eigenvalue weighted by Crippen LogP contribution is 2.16. The van der Waals surface area contributed by atoms with Gasteiger partial charge < -0.3 is 4.90 Å². The summed E-state index contributed by atoms with van der Waals surface area (Å²) < 4.78 is 0.871. The summed E-state index contributed by atoms with van der Waals surface area (Å²) in [6, 6.07) is 7.43. The molecule has 15 heavy (non-hydrogen) atoms. The predicted molar refractivity (Wildman–Crippen MR) is 61.5 cm³/mol. The van der Waals surface area contributed by atoms with E-state index in [2.05, 4.69) is 15.9 Å². The Balaban J connectivity index is 2.97. The molecule has 1 amide bonds.